The summed E-state index contributed by atoms with van der Waals surface area (Å²) in [7, 11) is 0. The number of hydrogen-bond donors (Lipinski definition) is 0. The van der Waals surface area contributed by atoms with Gasteiger partial charge in [-0.05, 0) is 38.7 Å². The predicted molar refractivity (Wildman–Crippen MR) is 125 cm³/mol. The topological polar surface area (TPSA) is 30.0 Å². The first-order valence-corrected chi connectivity index (χ1v) is 9.82. The second-order valence-corrected chi connectivity index (χ2v) is 7.53. The lowest BCUT2D eigenvalue weighted by molar-refractivity contribution is 0.1000. The smallest absolute Gasteiger partial charge is 0.167 e. The molecule has 0 spiro atoms. The number of carbonyl (C=O) groups excluding carboxylic acids is 1. The van der Waals surface area contributed by atoms with Gasteiger partial charge in [-0.2, -0.15) is 0 Å². The lowest BCUT2D eigenvalue weighted by atomic mass is 10.0. The van der Waals surface area contributed by atoms with E-state index in [1.54, 1.807) is 0 Å². The first-order valence-electron chi connectivity index (χ1n) is 9.82. The fourth-order valence-electron chi connectivity index (χ4n) is 4.67. The van der Waals surface area contributed by atoms with Gasteiger partial charge in [0.05, 0.1) is 5.69 Å². The molecule has 2 aliphatic rings. The van der Waals surface area contributed by atoms with Gasteiger partial charge in [-0.25, -0.2) is 0 Å². The van der Waals surface area contributed by atoms with Crippen LogP contribution in [0.25, 0.3) is 43.9 Å². The molecular weight excluding hydrogens is 366 g/mol. The highest BCUT2D eigenvalue weighted by molar-refractivity contribution is 6.15. The van der Waals surface area contributed by atoms with Crippen LogP contribution in [0.4, 0.5) is 0 Å². The summed E-state index contributed by atoms with van der Waals surface area (Å²) in [6.07, 6.45) is 2.44. The largest absolute Gasteiger partial charge is 0.294 e. The van der Waals surface area contributed by atoms with E-state index in [4.69, 9.17) is 0 Å². The molecule has 2 heteroatoms. The van der Waals surface area contributed by atoms with Gasteiger partial charge in [0.25, 0.3) is 0 Å². The average molecular weight is 387 g/mol. The lowest BCUT2D eigenvalue weighted by Crippen LogP contribution is -1.92. The third-order valence-corrected chi connectivity index (χ3v) is 5.90. The number of benzene rings is 4. The maximum absolute atomic E-state index is 11.5. The fraction of sp³-hybridized carbons (Fsp3) is 0.0714. The quantitative estimate of drug-likeness (QED) is 0.278. The van der Waals surface area contributed by atoms with Gasteiger partial charge in [-0.3, -0.25) is 9.78 Å². The molecule has 0 amide bonds. The summed E-state index contributed by atoms with van der Waals surface area (Å²) in [5.74, 6) is 0.256. The zero-order valence-corrected chi connectivity index (χ0v) is 15.7. The van der Waals surface area contributed by atoms with Crippen molar-refractivity contribution in [1.29, 1.82) is 0 Å². The van der Waals surface area contributed by atoms with Crippen molar-refractivity contribution in [3.8, 4) is 22.4 Å². The Labute approximate surface area is 175 Å². The van der Waals surface area contributed by atoms with Gasteiger partial charge < -0.3 is 0 Å². The number of ketones is 1. The van der Waals surface area contributed by atoms with E-state index in [0.29, 0.717) is 6.42 Å². The molecule has 0 atom stereocenters. The first kappa shape index (κ1) is 18.3. The summed E-state index contributed by atoms with van der Waals surface area (Å²) in [5.41, 5.74) is 7.04. The van der Waals surface area contributed by atoms with Gasteiger partial charge in [0.2, 0.25) is 0 Å². The average Bonchev–Trinajstić information content (AvgIpc) is 3.28. The van der Waals surface area contributed by atoms with Crippen molar-refractivity contribution >= 4 is 27.3 Å². The number of hydrogen-bond acceptors (Lipinski definition) is 2. The molecule has 4 aromatic carbocycles. The molecule has 0 N–H and O–H groups in total. The maximum atomic E-state index is 11.5. The molecular formula is C28H21NO. The highest BCUT2D eigenvalue weighted by atomic mass is 16.1. The lowest BCUT2D eigenvalue weighted by Gasteiger charge is -1.99. The number of rotatable bonds is 0. The van der Waals surface area contributed by atoms with Gasteiger partial charge >= 0.3 is 0 Å². The Bertz CT molecular complexity index is 1390. The van der Waals surface area contributed by atoms with Crippen molar-refractivity contribution in [2.75, 3.05) is 0 Å². The van der Waals surface area contributed by atoms with Crippen LogP contribution < -0.4 is 0 Å². The van der Waals surface area contributed by atoms with E-state index >= 15 is 0 Å². The van der Waals surface area contributed by atoms with Crippen molar-refractivity contribution < 1.29 is 4.79 Å². The van der Waals surface area contributed by atoms with Crippen LogP contribution in [0.3, 0.4) is 0 Å². The molecule has 2 aliphatic carbocycles. The van der Waals surface area contributed by atoms with Crippen molar-refractivity contribution in [1.82, 2.24) is 4.98 Å². The molecule has 0 saturated carbocycles. The van der Waals surface area contributed by atoms with Crippen LogP contribution in [0.1, 0.15) is 23.3 Å². The van der Waals surface area contributed by atoms with Gasteiger partial charge in [0, 0.05) is 29.3 Å². The molecule has 0 aliphatic heterocycles. The summed E-state index contributed by atoms with van der Waals surface area (Å²) in [5, 5.41) is 4.99. The van der Waals surface area contributed by atoms with E-state index in [-0.39, 0.29) is 13.2 Å². The monoisotopic (exact) mass is 387 g/mol. The zero-order valence-electron chi connectivity index (χ0n) is 15.7. The summed E-state index contributed by atoms with van der Waals surface area (Å²) in [4.78, 5) is 16.0. The summed E-state index contributed by atoms with van der Waals surface area (Å²) in [6.45, 7) is 0. The molecule has 0 saturated heterocycles. The van der Waals surface area contributed by atoms with E-state index in [0.717, 1.165) is 16.6 Å². The number of aromatic nitrogens is 1. The third kappa shape index (κ3) is 2.57. The van der Waals surface area contributed by atoms with Crippen LogP contribution in [0.2, 0.25) is 0 Å². The van der Waals surface area contributed by atoms with E-state index in [2.05, 4.69) is 59.6 Å². The Morgan fingerprint density at radius 1 is 0.600 bits per heavy atom. The fourth-order valence-corrected chi connectivity index (χ4v) is 4.67. The molecule has 1 aromatic heterocycles. The molecule has 5 aromatic rings. The van der Waals surface area contributed by atoms with E-state index < -0.39 is 0 Å². The van der Waals surface area contributed by atoms with Crippen molar-refractivity contribution in [2.24, 2.45) is 0 Å². The van der Waals surface area contributed by atoms with Crippen LogP contribution in [0.15, 0.2) is 91.1 Å². The molecule has 0 fully saturated rings. The molecule has 30 heavy (non-hydrogen) atoms. The van der Waals surface area contributed by atoms with Gasteiger partial charge in [0.15, 0.2) is 5.78 Å². The third-order valence-electron chi connectivity index (χ3n) is 5.90. The highest BCUT2D eigenvalue weighted by Crippen LogP contribution is 2.45. The van der Waals surface area contributed by atoms with Crippen LogP contribution >= 0.6 is 0 Å². The maximum Gasteiger partial charge on any atom is 0.167 e. The number of pyridine rings is 1. The Kier molecular flexibility index (Phi) is 4.22. The van der Waals surface area contributed by atoms with Gasteiger partial charge in [-0.15, -0.1) is 0 Å². The van der Waals surface area contributed by atoms with Crippen LogP contribution in [-0.2, 0) is 6.42 Å². The van der Waals surface area contributed by atoms with Crippen LogP contribution in [0, 0.1) is 0 Å². The second-order valence-electron chi connectivity index (χ2n) is 7.53. The molecule has 0 bridgehead atoms. The Morgan fingerprint density at radius 3 is 1.97 bits per heavy atom. The summed E-state index contributed by atoms with van der Waals surface area (Å²) < 4.78 is 0. The Morgan fingerprint density at radius 2 is 1.20 bits per heavy atom. The van der Waals surface area contributed by atoms with Crippen molar-refractivity contribution in [3.63, 3.8) is 0 Å². The van der Waals surface area contributed by atoms with E-state index in [1.165, 1.54) is 38.4 Å². The van der Waals surface area contributed by atoms with E-state index in [9.17, 15) is 4.79 Å². The minimum atomic E-state index is 0. The normalized spacial score (nSPS) is 12.3. The van der Waals surface area contributed by atoms with Crippen molar-refractivity contribution in [2.45, 2.75) is 13.8 Å². The van der Waals surface area contributed by atoms with Crippen LogP contribution in [0.5, 0.6) is 0 Å². The zero-order chi connectivity index (χ0) is 19.4. The Balaban J connectivity index is 0.000000127. The standard InChI is InChI=1S/C15H9N.C12H8O.CH4/c1-4-10-5-2-7-13-14(10)11(6-1)12-8-3-9-16-15(12)13;13-11-7-9-5-1-3-8-4-2-6-10(11)12(8)9;/h1-9H;1-6H,7H2;1H4. The second kappa shape index (κ2) is 6.93. The van der Waals surface area contributed by atoms with Gasteiger partial charge in [0.1, 0.15) is 0 Å². The highest BCUT2D eigenvalue weighted by Gasteiger charge is 2.21. The molecule has 7 rings (SSSR count). The summed E-state index contributed by atoms with van der Waals surface area (Å²) in [6, 6.07) is 29.1. The van der Waals surface area contributed by atoms with Crippen molar-refractivity contribution in [3.05, 3.63) is 102 Å². The number of carbonyl (C=O) groups is 1. The molecule has 0 unspecified atom stereocenters. The molecule has 0 radical (unpaired) electrons. The summed E-state index contributed by atoms with van der Waals surface area (Å²) >= 11 is 0. The number of fused-ring (bicyclic) bond motifs is 3. The Hall–Kier alpha value is -3.78. The molecule has 2 nitrogen and oxygen atoms in total. The first-order chi connectivity index (χ1) is 14.3. The predicted octanol–water partition coefficient (Wildman–Crippen LogP) is 7.10. The number of nitrogens with zero attached hydrogens (tertiary/aromatic N) is 1. The molecule has 144 valence electrons. The van der Waals surface area contributed by atoms with Crippen LogP contribution in [-0.4, -0.2) is 10.8 Å². The minimum absolute atomic E-state index is 0. The molecule has 1 heterocycles. The van der Waals surface area contributed by atoms with E-state index in [1.807, 2.05) is 36.5 Å². The number of Topliss-reactive ketones (excluding diaryl/α,β-unsaturated/α-hetero) is 1. The SMILES string of the molecule is C.O=C1Cc2cccc3cccc1c23.c1cnc2c(c1)-c1cccc3cccc-2c13. The van der Waals surface area contributed by atoms with Gasteiger partial charge in [-0.1, -0.05) is 86.3 Å². The minimum Gasteiger partial charge on any atom is -0.294 e.